The molecule has 18 heavy (non-hydrogen) atoms. The van der Waals surface area contributed by atoms with Crippen LogP contribution in [0.5, 0.6) is 5.75 Å². The lowest BCUT2D eigenvalue weighted by atomic mass is 9.68. The minimum Gasteiger partial charge on any atom is -0.490 e. The largest absolute Gasteiger partial charge is 0.490 e. The number of alkyl halides is 1. The van der Waals surface area contributed by atoms with Crippen molar-refractivity contribution in [1.82, 2.24) is 0 Å². The Labute approximate surface area is 115 Å². The van der Waals surface area contributed by atoms with Crippen molar-refractivity contribution in [2.75, 3.05) is 0 Å². The summed E-state index contributed by atoms with van der Waals surface area (Å²) in [6.07, 6.45) is 4.86. The lowest BCUT2D eigenvalue weighted by Gasteiger charge is -2.48. The molecule has 100 valence electrons. The van der Waals surface area contributed by atoms with Crippen LogP contribution in [-0.4, -0.2) is 11.5 Å². The molecule has 1 aromatic carbocycles. The summed E-state index contributed by atoms with van der Waals surface area (Å²) in [5.74, 6) is 0.969. The molecule has 0 aromatic heterocycles. The fourth-order valence-corrected chi connectivity index (χ4v) is 2.62. The second-order valence-corrected chi connectivity index (χ2v) is 6.41. The molecule has 0 N–H and O–H groups in total. The van der Waals surface area contributed by atoms with Crippen molar-refractivity contribution in [3.8, 4) is 5.75 Å². The van der Waals surface area contributed by atoms with E-state index in [4.69, 9.17) is 16.3 Å². The van der Waals surface area contributed by atoms with Crippen molar-refractivity contribution >= 4 is 11.6 Å². The zero-order valence-corrected chi connectivity index (χ0v) is 12.3. The van der Waals surface area contributed by atoms with Gasteiger partial charge in [0.15, 0.2) is 0 Å². The van der Waals surface area contributed by atoms with E-state index in [1.807, 2.05) is 0 Å². The van der Waals surface area contributed by atoms with Crippen LogP contribution in [0.15, 0.2) is 24.3 Å². The zero-order chi connectivity index (χ0) is 13.2. The number of aryl methyl sites for hydroxylation is 1. The first-order valence-electron chi connectivity index (χ1n) is 6.93. The predicted octanol–water partition coefficient (Wildman–Crippen LogP) is 4.81. The maximum absolute atomic E-state index is 6.20. The van der Waals surface area contributed by atoms with Gasteiger partial charge in [-0.3, -0.25) is 0 Å². The van der Waals surface area contributed by atoms with Gasteiger partial charge in [-0.2, -0.15) is 0 Å². The Morgan fingerprint density at radius 1 is 1.28 bits per heavy atom. The molecular formula is C16H23ClO. The number of hydrogen-bond acceptors (Lipinski definition) is 1. The second-order valence-electron chi connectivity index (χ2n) is 5.88. The summed E-state index contributed by atoms with van der Waals surface area (Å²) in [6, 6.07) is 8.52. The van der Waals surface area contributed by atoms with E-state index in [-0.39, 0.29) is 16.9 Å². The highest BCUT2D eigenvalue weighted by atomic mass is 35.5. The van der Waals surface area contributed by atoms with Gasteiger partial charge < -0.3 is 4.74 Å². The quantitative estimate of drug-likeness (QED) is 0.695. The van der Waals surface area contributed by atoms with Crippen LogP contribution in [0.2, 0.25) is 0 Å². The number of rotatable bonds is 5. The van der Waals surface area contributed by atoms with Crippen molar-refractivity contribution < 1.29 is 4.74 Å². The Balaban J connectivity index is 1.91. The third kappa shape index (κ3) is 2.83. The number of ether oxygens (including phenoxy) is 1. The van der Waals surface area contributed by atoms with Gasteiger partial charge in [-0.05, 0) is 30.5 Å². The average Bonchev–Trinajstić information content (AvgIpc) is 2.37. The van der Waals surface area contributed by atoms with Gasteiger partial charge in [-0.15, -0.1) is 11.6 Å². The van der Waals surface area contributed by atoms with Crippen molar-refractivity contribution in [2.24, 2.45) is 5.41 Å². The molecule has 2 rings (SSSR count). The van der Waals surface area contributed by atoms with E-state index in [1.54, 1.807) is 0 Å². The van der Waals surface area contributed by atoms with E-state index in [0.717, 1.165) is 18.6 Å². The van der Waals surface area contributed by atoms with Gasteiger partial charge in [0, 0.05) is 17.2 Å². The van der Waals surface area contributed by atoms with Gasteiger partial charge in [-0.25, -0.2) is 0 Å². The first-order valence-corrected chi connectivity index (χ1v) is 7.37. The van der Waals surface area contributed by atoms with Crippen LogP contribution in [-0.2, 0) is 6.42 Å². The van der Waals surface area contributed by atoms with E-state index in [1.165, 1.54) is 18.4 Å². The molecule has 0 heterocycles. The molecule has 2 heteroatoms. The Bertz CT molecular complexity index is 383. The van der Waals surface area contributed by atoms with Crippen LogP contribution in [0.25, 0.3) is 0 Å². The Morgan fingerprint density at radius 3 is 2.44 bits per heavy atom. The van der Waals surface area contributed by atoms with Crippen LogP contribution in [0.3, 0.4) is 0 Å². The topological polar surface area (TPSA) is 9.23 Å². The van der Waals surface area contributed by atoms with Crippen molar-refractivity contribution in [3.05, 3.63) is 29.8 Å². The molecule has 0 spiro atoms. The van der Waals surface area contributed by atoms with Crippen molar-refractivity contribution in [3.63, 3.8) is 0 Å². The standard InChI is InChI=1S/C16H23ClO/c1-4-5-6-12-7-9-13(10-8-12)18-15-11-14(17)16(15,2)3/h7-10,14-15H,4-6,11H2,1-3H3. The highest BCUT2D eigenvalue weighted by Gasteiger charge is 2.49. The van der Waals surface area contributed by atoms with Gasteiger partial charge in [-0.1, -0.05) is 39.3 Å². The van der Waals surface area contributed by atoms with E-state index < -0.39 is 0 Å². The maximum Gasteiger partial charge on any atom is 0.119 e. The fraction of sp³-hybridized carbons (Fsp3) is 0.625. The van der Waals surface area contributed by atoms with Gasteiger partial charge in [0.2, 0.25) is 0 Å². The van der Waals surface area contributed by atoms with Crippen LogP contribution < -0.4 is 4.74 Å². The Kier molecular flexibility index (Phi) is 4.21. The van der Waals surface area contributed by atoms with Gasteiger partial charge in [0.1, 0.15) is 11.9 Å². The minimum absolute atomic E-state index is 0.0858. The van der Waals surface area contributed by atoms with Crippen LogP contribution in [0.4, 0.5) is 0 Å². The summed E-state index contributed by atoms with van der Waals surface area (Å²) in [4.78, 5) is 0. The predicted molar refractivity (Wildman–Crippen MR) is 77.5 cm³/mol. The molecule has 1 aromatic rings. The fourth-order valence-electron chi connectivity index (χ4n) is 2.32. The average molecular weight is 267 g/mol. The molecule has 1 saturated carbocycles. The summed E-state index contributed by atoms with van der Waals surface area (Å²) in [7, 11) is 0. The lowest BCUT2D eigenvalue weighted by molar-refractivity contribution is -0.0130. The molecule has 2 unspecified atom stereocenters. The molecule has 1 nitrogen and oxygen atoms in total. The second kappa shape index (κ2) is 5.52. The van der Waals surface area contributed by atoms with E-state index in [2.05, 4.69) is 45.0 Å². The first-order chi connectivity index (χ1) is 8.54. The number of benzene rings is 1. The van der Waals surface area contributed by atoms with Crippen LogP contribution in [0.1, 0.15) is 45.6 Å². The molecule has 0 saturated heterocycles. The molecular weight excluding hydrogens is 244 g/mol. The number of hydrogen-bond donors (Lipinski definition) is 0. The molecule has 2 atom stereocenters. The number of halogens is 1. The van der Waals surface area contributed by atoms with Gasteiger partial charge >= 0.3 is 0 Å². The van der Waals surface area contributed by atoms with Crippen LogP contribution in [0, 0.1) is 5.41 Å². The van der Waals surface area contributed by atoms with Crippen LogP contribution >= 0.6 is 11.6 Å². The summed E-state index contributed by atoms with van der Waals surface area (Å²) in [5, 5.41) is 0.242. The summed E-state index contributed by atoms with van der Waals surface area (Å²) >= 11 is 6.20. The molecule has 0 amide bonds. The molecule has 1 aliphatic carbocycles. The minimum atomic E-state index is 0.0858. The Hall–Kier alpha value is -0.690. The molecule has 0 radical (unpaired) electrons. The van der Waals surface area contributed by atoms with Gasteiger partial charge in [0.05, 0.1) is 0 Å². The van der Waals surface area contributed by atoms with Crippen molar-refractivity contribution in [2.45, 2.75) is 57.9 Å². The normalized spacial score (nSPS) is 25.6. The smallest absolute Gasteiger partial charge is 0.119 e. The molecule has 0 aliphatic heterocycles. The SMILES string of the molecule is CCCCc1ccc(OC2CC(Cl)C2(C)C)cc1. The maximum atomic E-state index is 6.20. The molecule has 0 bridgehead atoms. The highest BCUT2D eigenvalue weighted by Crippen LogP contribution is 2.46. The van der Waals surface area contributed by atoms with E-state index >= 15 is 0 Å². The monoisotopic (exact) mass is 266 g/mol. The zero-order valence-electron chi connectivity index (χ0n) is 11.6. The molecule has 1 fully saturated rings. The lowest BCUT2D eigenvalue weighted by Crippen LogP contribution is -2.53. The summed E-state index contributed by atoms with van der Waals surface area (Å²) in [6.45, 7) is 6.57. The van der Waals surface area contributed by atoms with Crippen molar-refractivity contribution in [1.29, 1.82) is 0 Å². The summed E-state index contributed by atoms with van der Waals surface area (Å²) < 4.78 is 6.01. The first kappa shape index (κ1) is 13.7. The third-order valence-electron chi connectivity index (χ3n) is 4.08. The third-order valence-corrected chi connectivity index (χ3v) is 4.82. The van der Waals surface area contributed by atoms with Gasteiger partial charge in [0.25, 0.3) is 0 Å². The molecule has 1 aliphatic rings. The van der Waals surface area contributed by atoms with E-state index in [0.29, 0.717) is 0 Å². The number of unbranched alkanes of at least 4 members (excludes halogenated alkanes) is 1. The van der Waals surface area contributed by atoms with E-state index in [9.17, 15) is 0 Å². The Morgan fingerprint density at radius 2 is 1.94 bits per heavy atom. The highest BCUT2D eigenvalue weighted by molar-refractivity contribution is 6.21. The summed E-state index contributed by atoms with van der Waals surface area (Å²) in [5.41, 5.74) is 1.48.